The molecule has 1 aromatic heterocycles. The van der Waals surface area contributed by atoms with Gasteiger partial charge in [0.05, 0.1) is 12.2 Å². The highest BCUT2D eigenvalue weighted by Gasteiger charge is 2.34. The summed E-state index contributed by atoms with van der Waals surface area (Å²) in [4.78, 5) is 27.3. The molecule has 0 saturated carbocycles. The van der Waals surface area contributed by atoms with Crippen molar-refractivity contribution in [3.05, 3.63) is 54.1 Å². The van der Waals surface area contributed by atoms with Crippen LogP contribution >= 0.6 is 0 Å². The van der Waals surface area contributed by atoms with Crippen molar-refractivity contribution >= 4 is 22.6 Å². The smallest absolute Gasteiger partial charge is 0.319 e. The predicted octanol–water partition coefficient (Wildman–Crippen LogP) is 4.53. The van der Waals surface area contributed by atoms with E-state index in [0.717, 1.165) is 6.54 Å². The minimum Gasteiger partial charge on any atom is -0.507 e. The highest BCUT2D eigenvalue weighted by molar-refractivity contribution is 5.96. The standard InChI is InChI=1S/C29H35F2N5O3/c1-7-23(38)35-15-19(4)36(16-18(35)3)28-20-14-17(2)24(25-21(30)10-8-11-22(25)37)26(31)27(20)32-29(33-28)39-13-9-12-34(5)6/h7-8,10-11,14,18-19,37H,1,9,12-13,15-16H2,2-6H3/t18-,19+/m1/s1. The minimum atomic E-state index is -0.770. The highest BCUT2D eigenvalue weighted by Crippen LogP contribution is 2.41. The Morgan fingerprint density at radius 3 is 2.62 bits per heavy atom. The van der Waals surface area contributed by atoms with Crippen molar-refractivity contribution in [2.75, 3.05) is 45.2 Å². The summed E-state index contributed by atoms with van der Waals surface area (Å²) in [7, 11) is 3.92. The Hall–Kier alpha value is -3.79. The monoisotopic (exact) mass is 539 g/mol. The Balaban J connectivity index is 1.86. The molecule has 1 aliphatic rings. The fourth-order valence-corrected chi connectivity index (χ4v) is 5.06. The summed E-state index contributed by atoms with van der Waals surface area (Å²) in [5.41, 5.74) is 0.104. The number of aromatic nitrogens is 2. The summed E-state index contributed by atoms with van der Waals surface area (Å²) in [6.07, 6.45) is 2.02. The van der Waals surface area contributed by atoms with Gasteiger partial charge in [-0.05, 0) is 71.1 Å². The lowest BCUT2D eigenvalue weighted by Gasteiger charge is -2.44. The number of phenols is 1. The maximum atomic E-state index is 16.3. The first-order valence-corrected chi connectivity index (χ1v) is 13.0. The van der Waals surface area contributed by atoms with E-state index in [0.29, 0.717) is 42.9 Å². The lowest BCUT2D eigenvalue weighted by Crippen LogP contribution is -2.58. The van der Waals surface area contributed by atoms with Gasteiger partial charge in [0.25, 0.3) is 0 Å². The fourth-order valence-electron chi connectivity index (χ4n) is 5.06. The van der Waals surface area contributed by atoms with Crippen molar-refractivity contribution in [2.45, 2.75) is 39.3 Å². The Bertz CT molecular complexity index is 1380. The predicted molar refractivity (Wildman–Crippen MR) is 148 cm³/mol. The molecule has 0 radical (unpaired) electrons. The maximum Gasteiger partial charge on any atom is 0.319 e. The van der Waals surface area contributed by atoms with E-state index in [1.165, 1.54) is 24.3 Å². The fraction of sp³-hybridized carbons (Fsp3) is 0.414. The van der Waals surface area contributed by atoms with Gasteiger partial charge in [-0.25, -0.2) is 8.78 Å². The van der Waals surface area contributed by atoms with E-state index in [-0.39, 0.29) is 46.4 Å². The van der Waals surface area contributed by atoms with E-state index in [2.05, 4.69) is 11.6 Å². The average Bonchev–Trinajstić information content (AvgIpc) is 2.88. The van der Waals surface area contributed by atoms with E-state index < -0.39 is 11.6 Å². The molecule has 208 valence electrons. The topological polar surface area (TPSA) is 82.0 Å². The number of hydrogen-bond acceptors (Lipinski definition) is 7. The van der Waals surface area contributed by atoms with Gasteiger partial charge in [0, 0.05) is 42.7 Å². The zero-order chi connectivity index (χ0) is 28.4. The molecule has 1 fully saturated rings. The lowest BCUT2D eigenvalue weighted by molar-refractivity contribution is -0.128. The normalized spacial score (nSPS) is 17.6. The first-order valence-electron chi connectivity index (χ1n) is 13.0. The van der Waals surface area contributed by atoms with Crippen LogP contribution in [-0.4, -0.2) is 83.2 Å². The zero-order valence-electron chi connectivity index (χ0n) is 23.0. The minimum absolute atomic E-state index is 0.00663. The molecule has 10 heteroatoms. The number of benzene rings is 2. The van der Waals surface area contributed by atoms with Crippen LogP contribution in [0.25, 0.3) is 22.0 Å². The van der Waals surface area contributed by atoms with Crippen molar-refractivity contribution in [1.82, 2.24) is 19.8 Å². The van der Waals surface area contributed by atoms with Crippen molar-refractivity contribution < 1.29 is 23.4 Å². The van der Waals surface area contributed by atoms with E-state index in [1.807, 2.05) is 37.7 Å². The molecule has 0 bridgehead atoms. The molecule has 0 aliphatic carbocycles. The number of anilines is 1. The van der Waals surface area contributed by atoms with E-state index in [9.17, 15) is 14.3 Å². The van der Waals surface area contributed by atoms with Gasteiger partial charge in [0.15, 0.2) is 5.82 Å². The van der Waals surface area contributed by atoms with Crippen LogP contribution in [0.5, 0.6) is 11.8 Å². The third kappa shape index (κ3) is 5.66. The summed E-state index contributed by atoms with van der Waals surface area (Å²) >= 11 is 0. The van der Waals surface area contributed by atoms with Gasteiger partial charge in [-0.1, -0.05) is 12.6 Å². The largest absolute Gasteiger partial charge is 0.507 e. The number of rotatable bonds is 8. The lowest BCUT2D eigenvalue weighted by atomic mass is 9.96. The number of ether oxygens (including phenoxy) is 1. The number of fused-ring (bicyclic) bond motifs is 1. The second-order valence-electron chi connectivity index (χ2n) is 10.3. The number of carbonyl (C=O) groups is 1. The number of aryl methyl sites for hydroxylation is 1. The van der Waals surface area contributed by atoms with Gasteiger partial charge >= 0.3 is 6.01 Å². The first kappa shape index (κ1) is 28.2. The SMILES string of the molecule is C=CC(=O)N1C[C@H](C)N(c2nc(OCCCN(C)C)nc3c(F)c(-c4c(O)cccc4F)c(C)cc23)C[C@H]1C. The van der Waals surface area contributed by atoms with Crippen LogP contribution in [0.2, 0.25) is 0 Å². The Morgan fingerprint density at radius 2 is 1.95 bits per heavy atom. The maximum absolute atomic E-state index is 16.3. The van der Waals surface area contributed by atoms with Gasteiger partial charge in [0.1, 0.15) is 22.9 Å². The van der Waals surface area contributed by atoms with Gasteiger partial charge in [-0.2, -0.15) is 9.97 Å². The molecule has 2 heterocycles. The number of phenolic OH excluding ortho intramolecular Hbond substituents is 1. The molecule has 0 unspecified atom stereocenters. The van der Waals surface area contributed by atoms with Gasteiger partial charge < -0.3 is 24.5 Å². The number of piperazine rings is 1. The van der Waals surface area contributed by atoms with Gasteiger partial charge in [-0.3, -0.25) is 4.79 Å². The summed E-state index contributed by atoms with van der Waals surface area (Å²) in [6, 6.07) is 5.28. The van der Waals surface area contributed by atoms with Crippen LogP contribution in [0, 0.1) is 18.6 Å². The Morgan fingerprint density at radius 1 is 1.21 bits per heavy atom. The molecule has 2 atom stereocenters. The van der Waals surface area contributed by atoms with E-state index in [1.54, 1.807) is 17.9 Å². The van der Waals surface area contributed by atoms with E-state index in [4.69, 9.17) is 9.72 Å². The number of aromatic hydroxyl groups is 1. The van der Waals surface area contributed by atoms with Crippen LogP contribution in [0.4, 0.5) is 14.6 Å². The molecule has 3 aromatic rings. The molecule has 39 heavy (non-hydrogen) atoms. The Labute approximate surface area is 227 Å². The van der Waals surface area contributed by atoms with Crippen LogP contribution in [0.3, 0.4) is 0 Å². The molecule has 1 amide bonds. The van der Waals surface area contributed by atoms with E-state index >= 15 is 4.39 Å². The molecular weight excluding hydrogens is 504 g/mol. The van der Waals surface area contributed by atoms with Crippen molar-refractivity contribution in [1.29, 1.82) is 0 Å². The van der Waals surface area contributed by atoms with Gasteiger partial charge in [-0.15, -0.1) is 0 Å². The van der Waals surface area contributed by atoms with Crippen molar-refractivity contribution in [3.8, 4) is 22.9 Å². The molecule has 2 aromatic carbocycles. The number of halogens is 2. The summed E-state index contributed by atoms with van der Waals surface area (Å²) in [5.74, 6) is -1.55. The number of amides is 1. The molecule has 1 aliphatic heterocycles. The highest BCUT2D eigenvalue weighted by atomic mass is 19.1. The second kappa shape index (κ2) is 11.5. The summed E-state index contributed by atoms with van der Waals surface area (Å²) in [5, 5.41) is 10.8. The molecule has 1 saturated heterocycles. The first-order chi connectivity index (χ1) is 18.5. The van der Waals surface area contributed by atoms with Crippen molar-refractivity contribution in [3.63, 3.8) is 0 Å². The quantitative estimate of drug-likeness (QED) is 0.333. The zero-order valence-corrected chi connectivity index (χ0v) is 23.0. The summed E-state index contributed by atoms with van der Waals surface area (Å²) < 4.78 is 36.9. The van der Waals surface area contributed by atoms with Gasteiger partial charge in [0.2, 0.25) is 5.91 Å². The number of nitrogens with zero attached hydrogens (tertiary/aromatic N) is 5. The van der Waals surface area contributed by atoms with Crippen LogP contribution in [0.15, 0.2) is 36.9 Å². The number of carbonyl (C=O) groups excluding carboxylic acids is 1. The molecule has 4 rings (SSSR count). The third-order valence-corrected chi connectivity index (χ3v) is 7.03. The summed E-state index contributed by atoms with van der Waals surface area (Å²) in [6.45, 7) is 11.2. The average molecular weight is 540 g/mol. The Kier molecular flexibility index (Phi) is 8.34. The molecule has 8 nitrogen and oxygen atoms in total. The molecule has 1 N–H and O–H groups in total. The van der Waals surface area contributed by atoms with Crippen LogP contribution in [0.1, 0.15) is 25.8 Å². The van der Waals surface area contributed by atoms with Crippen LogP contribution in [-0.2, 0) is 4.79 Å². The third-order valence-electron chi connectivity index (χ3n) is 7.03. The van der Waals surface area contributed by atoms with Crippen molar-refractivity contribution in [2.24, 2.45) is 0 Å². The molecule has 0 spiro atoms. The number of hydrogen-bond donors (Lipinski definition) is 1. The van der Waals surface area contributed by atoms with Crippen LogP contribution < -0.4 is 9.64 Å². The molecular formula is C29H35F2N5O3. The second-order valence-corrected chi connectivity index (χ2v) is 10.3.